The summed E-state index contributed by atoms with van der Waals surface area (Å²) in [6.45, 7) is 3.89. The molecule has 1 saturated carbocycles. The van der Waals surface area contributed by atoms with E-state index in [1.165, 1.54) is 0 Å². The second kappa shape index (κ2) is 4.22. The minimum Gasteiger partial charge on any atom is -0.446 e. The Morgan fingerprint density at radius 1 is 1.38 bits per heavy atom. The zero-order valence-corrected chi connectivity index (χ0v) is 8.95. The van der Waals surface area contributed by atoms with Gasteiger partial charge in [0.25, 0.3) is 0 Å². The predicted octanol–water partition coefficient (Wildman–Crippen LogP) is 1.74. The second-order valence-corrected chi connectivity index (χ2v) is 3.83. The van der Waals surface area contributed by atoms with Gasteiger partial charge in [-0.25, -0.2) is 4.79 Å². The molecule has 2 fully saturated rings. The van der Waals surface area contributed by atoms with Gasteiger partial charge in [-0.3, -0.25) is 0 Å². The van der Waals surface area contributed by atoms with Crippen LogP contribution in [0.5, 0.6) is 0 Å². The van der Waals surface area contributed by atoms with Crippen LogP contribution in [-0.4, -0.2) is 30.2 Å². The number of carbonyl (C=O) groups is 1. The van der Waals surface area contributed by atoms with Gasteiger partial charge in [-0.2, -0.15) is 13.5 Å². The average molecular weight is 203 g/mol. The van der Waals surface area contributed by atoms with Crippen LogP contribution in [0.4, 0.5) is 4.79 Å². The van der Waals surface area contributed by atoms with E-state index in [-0.39, 0.29) is 25.7 Å². The lowest BCUT2D eigenvalue weighted by Gasteiger charge is -2.14. The van der Waals surface area contributed by atoms with E-state index in [0.717, 1.165) is 32.4 Å². The number of rotatable bonds is 1. The summed E-state index contributed by atoms with van der Waals surface area (Å²) < 4.78 is 5.24. The number of likely N-dealkylation sites (tertiary alicyclic amines) is 1. The fourth-order valence-electron chi connectivity index (χ4n) is 1.56. The minimum absolute atomic E-state index is 0. The van der Waals surface area contributed by atoms with E-state index in [1.807, 2.05) is 4.90 Å². The molecule has 0 N–H and O–H groups in total. The Hall–Kier alpha value is -0.380. The minimum atomic E-state index is -0.0955. The van der Waals surface area contributed by atoms with Crippen LogP contribution < -0.4 is 0 Å². The van der Waals surface area contributed by atoms with Crippen molar-refractivity contribution in [1.29, 1.82) is 0 Å². The molecule has 13 heavy (non-hydrogen) atoms. The largest absolute Gasteiger partial charge is 0.446 e. The van der Waals surface area contributed by atoms with Gasteiger partial charge < -0.3 is 9.64 Å². The van der Waals surface area contributed by atoms with Crippen LogP contribution in [0.1, 0.15) is 26.2 Å². The maximum atomic E-state index is 11.3. The van der Waals surface area contributed by atoms with Gasteiger partial charge >= 0.3 is 6.09 Å². The zero-order chi connectivity index (χ0) is 8.55. The lowest BCUT2D eigenvalue weighted by molar-refractivity contribution is 0.0997. The normalized spacial score (nSPS) is 31.0. The van der Waals surface area contributed by atoms with E-state index >= 15 is 0 Å². The molecule has 1 saturated heterocycles. The number of carbonyl (C=O) groups excluding carboxylic acids is 1. The lowest BCUT2D eigenvalue weighted by atomic mass is 10.4. The van der Waals surface area contributed by atoms with Crippen molar-refractivity contribution in [3.63, 3.8) is 0 Å². The van der Waals surface area contributed by atoms with Crippen LogP contribution in [0.3, 0.4) is 0 Å². The molecule has 76 valence electrons. The molecule has 0 bridgehead atoms. The fraction of sp³-hybridized carbons (Fsp3) is 0.889. The molecular weight excluding hydrogens is 186 g/mol. The molecule has 4 heteroatoms. The van der Waals surface area contributed by atoms with Gasteiger partial charge in [-0.1, -0.05) is 6.92 Å². The van der Waals surface area contributed by atoms with E-state index < -0.39 is 0 Å². The van der Waals surface area contributed by atoms with Gasteiger partial charge in [0.2, 0.25) is 0 Å². The molecule has 0 aromatic heterocycles. The first-order valence-electron chi connectivity index (χ1n) is 4.73. The molecule has 1 aliphatic heterocycles. The molecule has 1 heterocycles. The van der Waals surface area contributed by atoms with Crippen LogP contribution in [-0.2, 0) is 4.74 Å². The van der Waals surface area contributed by atoms with Crippen molar-refractivity contribution >= 4 is 19.6 Å². The van der Waals surface area contributed by atoms with Crippen molar-refractivity contribution in [3.8, 4) is 0 Å². The summed E-state index contributed by atoms with van der Waals surface area (Å²) in [4.78, 5) is 13.2. The highest BCUT2D eigenvalue weighted by atomic mass is 32.1. The molecule has 0 aromatic carbocycles. The summed E-state index contributed by atoms with van der Waals surface area (Å²) in [5, 5.41) is 0. The SMILES string of the molecule is CC1CC1OC(=O)N1CCCC1.S. The van der Waals surface area contributed by atoms with Crippen molar-refractivity contribution < 1.29 is 9.53 Å². The van der Waals surface area contributed by atoms with Crippen molar-refractivity contribution in [2.75, 3.05) is 13.1 Å². The van der Waals surface area contributed by atoms with Gasteiger partial charge in [0, 0.05) is 13.1 Å². The Morgan fingerprint density at radius 3 is 2.38 bits per heavy atom. The number of ether oxygens (including phenoxy) is 1. The topological polar surface area (TPSA) is 29.5 Å². The Bertz CT molecular complexity index is 192. The quantitative estimate of drug-likeness (QED) is 0.649. The summed E-state index contributed by atoms with van der Waals surface area (Å²) >= 11 is 0. The van der Waals surface area contributed by atoms with Crippen LogP contribution in [0.15, 0.2) is 0 Å². The smallest absolute Gasteiger partial charge is 0.410 e. The molecule has 1 aliphatic carbocycles. The highest BCUT2D eigenvalue weighted by Gasteiger charge is 2.37. The van der Waals surface area contributed by atoms with Gasteiger partial charge in [0.05, 0.1) is 0 Å². The number of nitrogens with zero attached hydrogens (tertiary/aromatic N) is 1. The Morgan fingerprint density at radius 2 is 1.92 bits per heavy atom. The van der Waals surface area contributed by atoms with Crippen LogP contribution in [0, 0.1) is 5.92 Å². The summed E-state index contributed by atoms with van der Waals surface area (Å²) in [6.07, 6.45) is 3.45. The van der Waals surface area contributed by atoms with E-state index in [9.17, 15) is 4.79 Å². The van der Waals surface area contributed by atoms with Crippen molar-refractivity contribution in [3.05, 3.63) is 0 Å². The van der Waals surface area contributed by atoms with E-state index in [2.05, 4.69) is 6.92 Å². The second-order valence-electron chi connectivity index (χ2n) is 3.83. The molecule has 0 aromatic rings. The van der Waals surface area contributed by atoms with Gasteiger partial charge in [-0.05, 0) is 25.2 Å². The van der Waals surface area contributed by atoms with Crippen molar-refractivity contribution in [2.45, 2.75) is 32.3 Å². The molecule has 1 amide bonds. The Balaban J connectivity index is 0.000000845. The van der Waals surface area contributed by atoms with Gasteiger partial charge in [-0.15, -0.1) is 0 Å². The van der Waals surface area contributed by atoms with Crippen LogP contribution in [0.2, 0.25) is 0 Å². The monoisotopic (exact) mass is 203 g/mol. The van der Waals surface area contributed by atoms with E-state index in [4.69, 9.17) is 4.74 Å². The third kappa shape index (κ3) is 2.53. The highest BCUT2D eigenvalue weighted by Crippen LogP contribution is 2.33. The standard InChI is InChI=1S/C9H15NO2.H2S/c1-7-6-8(7)12-9(11)10-4-2-3-5-10;/h7-8H,2-6H2,1H3;1H2. The van der Waals surface area contributed by atoms with E-state index in [0.29, 0.717) is 5.92 Å². The number of hydrogen-bond donors (Lipinski definition) is 0. The number of amides is 1. The van der Waals surface area contributed by atoms with Crippen molar-refractivity contribution in [1.82, 2.24) is 4.90 Å². The third-order valence-electron chi connectivity index (χ3n) is 2.65. The summed E-state index contributed by atoms with van der Waals surface area (Å²) in [5.74, 6) is 0.594. The maximum Gasteiger partial charge on any atom is 0.410 e. The molecule has 3 nitrogen and oxygen atoms in total. The first kappa shape index (κ1) is 10.7. The molecule has 2 unspecified atom stereocenters. The average Bonchev–Trinajstić information content (AvgIpc) is 2.58. The lowest BCUT2D eigenvalue weighted by Crippen LogP contribution is -2.29. The molecule has 2 aliphatic rings. The van der Waals surface area contributed by atoms with Crippen LogP contribution in [0.25, 0.3) is 0 Å². The molecule has 0 radical (unpaired) electrons. The van der Waals surface area contributed by atoms with Crippen LogP contribution >= 0.6 is 13.5 Å². The first-order chi connectivity index (χ1) is 5.77. The summed E-state index contributed by atoms with van der Waals surface area (Å²) in [6, 6.07) is 0. The summed E-state index contributed by atoms with van der Waals surface area (Å²) in [5.41, 5.74) is 0. The van der Waals surface area contributed by atoms with Gasteiger partial charge in [0.1, 0.15) is 6.10 Å². The van der Waals surface area contributed by atoms with Crippen molar-refractivity contribution in [2.24, 2.45) is 5.92 Å². The van der Waals surface area contributed by atoms with E-state index in [1.54, 1.807) is 0 Å². The molecule has 2 rings (SSSR count). The summed E-state index contributed by atoms with van der Waals surface area (Å²) in [7, 11) is 0. The Labute approximate surface area is 85.9 Å². The number of hydrogen-bond acceptors (Lipinski definition) is 2. The fourth-order valence-corrected chi connectivity index (χ4v) is 1.56. The van der Waals surface area contributed by atoms with Gasteiger partial charge in [0.15, 0.2) is 0 Å². The zero-order valence-electron chi connectivity index (χ0n) is 7.95. The maximum absolute atomic E-state index is 11.3. The molecule has 2 atom stereocenters. The molecular formula is C9H17NO2S. The third-order valence-corrected chi connectivity index (χ3v) is 2.65. The Kier molecular flexibility index (Phi) is 3.47. The highest BCUT2D eigenvalue weighted by molar-refractivity contribution is 7.59. The predicted molar refractivity (Wildman–Crippen MR) is 55.2 cm³/mol. The first-order valence-corrected chi connectivity index (χ1v) is 4.73. The molecule has 0 spiro atoms.